The zero-order valence-corrected chi connectivity index (χ0v) is 18.6. The van der Waals surface area contributed by atoms with E-state index in [2.05, 4.69) is 0 Å². The predicted molar refractivity (Wildman–Crippen MR) is 108 cm³/mol. The van der Waals surface area contributed by atoms with Crippen molar-refractivity contribution in [1.82, 2.24) is 0 Å². The summed E-state index contributed by atoms with van der Waals surface area (Å²) in [7, 11) is 0. The number of aliphatic hydroxyl groups is 1. The maximum atomic E-state index is 14.0. The van der Waals surface area contributed by atoms with E-state index in [4.69, 9.17) is 9.47 Å². The second kappa shape index (κ2) is 8.10. The van der Waals surface area contributed by atoms with Crippen LogP contribution in [0.15, 0.2) is 24.3 Å². The Morgan fingerprint density at radius 2 is 1.60 bits per heavy atom. The van der Waals surface area contributed by atoms with Gasteiger partial charge in [0.25, 0.3) is 0 Å². The Balaban J connectivity index is 2.64. The molecule has 2 rings (SSSR count). The molecule has 0 aliphatic heterocycles. The molecular weight excluding hydrogens is 391 g/mol. The van der Waals surface area contributed by atoms with E-state index >= 15 is 0 Å². The molecule has 0 saturated heterocycles. The first-order valence-electron chi connectivity index (χ1n) is 9.98. The molecule has 166 valence electrons. The number of carbonyl (C=O) groups excluding carboxylic acids is 3. The van der Waals surface area contributed by atoms with Gasteiger partial charge in [-0.25, -0.2) is 4.39 Å². The third kappa shape index (κ3) is 5.65. The van der Waals surface area contributed by atoms with Gasteiger partial charge in [-0.05, 0) is 66.2 Å². The van der Waals surface area contributed by atoms with Crippen LogP contribution in [0.2, 0.25) is 0 Å². The molecule has 0 amide bonds. The molecule has 0 unspecified atom stereocenters. The second-order valence-corrected chi connectivity index (χ2v) is 10.1. The zero-order chi connectivity index (χ0) is 23.1. The third-order valence-corrected chi connectivity index (χ3v) is 4.82. The smallest absolute Gasteiger partial charge is 0.317 e. The summed E-state index contributed by atoms with van der Waals surface area (Å²) in [5, 5.41) is 11.0. The van der Waals surface area contributed by atoms with E-state index in [0.717, 1.165) is 6.07 Å². The Morgan fingerprint density at radius 1 is 1.07 bits per heavy atom. The molecule has 0 aromatic heterocycles. The molecule has 1 fully saturated rings. The first-order valence-corrected chi connectivity index (χ1v) is 9.98. The van der Waals surface area contributed by atoms with E-state index in [1.807, 2.05) is 0 Å². The molecule has 0 radical (unpaired) electrons. The first kappa shape index (κ1) is 24.0. The Labute approximate surface area is 176 Å². The van der Waals surface area contributed by atoms with Crippen molar-refractivity contribution in [3.63, 3.8) is 0 Å². The van der Waals surface area contributed by atoms with Crippen molar-refractivity contribution in [2.75, 3.05) is 0 Å². The molecule has 0 heterocycles. The highest BCUT2D eigenvalue weighted by Gasteiger charge is 2.57. The zero-order valence-electron chi connectivity index (χ0n) is 18.6. The normalized spacial score (nSPS) is 27.5. The Hall–Kier alpha value is -2.28. The lowest BCUT2D eigenvalue weighted by molar-refractivity contribution is -0.182. The molecule has 0 spiro atoms. The van der Waals surface area contributed by atoms with Crippen LogP contribution in [0.25, 0.3) is 0 Å². The molecule has 1 aliphatic rings. The lowest BCUT2D eigenvalue weighted by Gasteiger charge is -2.44. The summed E-state index contributed by atoms with van der Waals surface area (Å²) >= 11 is 0. The van der Waals surface area contributed by atoms with Gasteiger partial charge in [0.15, 0.2) is 5.78 Å². The number of hydrogen-bond donors (Lipinski definition) is 1. The number of Topliss-reactive ketones (excluding diaryl/α,β-unsaturated/α-hetero) is 1. The maximum Gasteiger partial charge on any atom is 0.317 e. The molecule has 4 atom stereocenters. The van der Waals surface area contributed by atoms with Gasteiger partial charge in [0, 0.05) is 12.3 Å². The van der Waals surface area contributed by atoms with Crippen molar-refractivity contribution in [3.05, 3.63) is 35.6 Å². The van der Waals surface area contributed by atoms with Crippen LogP contribution in [0, 0.1) is 17.7 Å². The number of ether oxygens (including phenoxy) is 2. The summed E-state index contributed by atoms with van der Waals surface area (Å²) in [5.74, 6) is -6.51. The summed E-state index contributed by atoms with van der Waals surface area (Å²) in [6.07, 6.45) is -0.424. The molecule has 0 bridgehead atoms. The van der Waals surface area contributed by atoms with Crippen LogP contribution < -0.4 is 0 Å². The van der Waals surface area contributed by atoms with E-state index in [1.54, 1.807) is 41.5 Å². The number of esters is 2. The minimum Gasteiger partial charge on any atom is -0.460 e. The molecular formula is C23H31FO6. The van der Waals surface area contributed by atoms with Crippen LogP contribution in [0.5, 0.6) is 0 Å². The van der Waals surface area contributed by atoms with Crippen LogP contribution in [0.4, 0.5) is 4.39 Å². The van der Waals surface area contributed by atoms with Crippen LogP contribution in [0.3, 0.4) is 0 Å². The van der Waals surface area contributed by atoms with Crippen LogP contribution >= 0.6 is 0 Å². The number of carbonyl (C=O) groups is 3. The lowest BCUT2D eigenvalue weighted by atomic mass is 9.61. The summed E-state index contributed by atoms with van der Waals surface area (Å²) < 4.78 is 25.0. The van der Waals surface area contributed by atoms with Gasteiger partial charge in [0.05, 0.1) is 11.5 Å². The van der Waals surface area contributed by atoms with E-state index < -0.39 is 64.5 Å². The first-order chi connectivity index (χ1) is 13.5. The Kier molecular flexibility index (Phi) is 6.48. The molecule has 6 nitrogen and oxygen atoms in total. The molecule has 1 saturated carbocycles. The molecule has 30 heavy (non-hydrogen) atoms. The minimum atomic E-state index is -1.78. The SMILES string of the molecule is CC(C)(C)OC(=O)[C@@H]1C(=O)C[C@](C)(O)[C@@H](C(=O)OC(C)(C)C)[C@@H]1c1cccc(F)c1. The highest BCUT2D eigenvalue weighted by atomic mass is 19.1. The summed E-state index contributed by atoms with van der Waals surface area (Å²) in [6, 6.07) is 5.33. The summed E-state index contributed by atoms with van der Waals surface area (Å²) in [5.41, 5.74) is -3.27. The van der Waals surface area contributed by atoms with Crippen LogP contribution in [0.1, 0.15) is 66.4 Å². The Bertz CT molecular complexity index is 831. The fraction of sp³-hybridized carbons (Fsp3) is 0.609. The Morgan fingerprint density at radius 3 is 2.10 bits per heavy atom. The van der Waals surface area contributed by atoms with Gasteiger partial charge >= 0.3 is 11.9 Å². The van der Waals surface area contributed by atoms with Gasteiger partial charge in [0.2, 0.25) is 0 Å². The fourth-order valence-corrected chi connectivity index (χ4v) is 3.86. The van der Waals surface area contributed by atoms with Crippen molar-refractivity contribution in [1.29, 1.82) is 0 Å². The highest BCUT2D eigenvalue weighted by molar-refractivity contribution is 6.03. The monoisotopic (exact) mass is 422 g/mol. The van der Waals surface area contributed by atoms with Crippen molar-refractivity contribution in [3.8, 4) is 0 Å². The van der Waals surface area contributed by atoms with Gasteiger partial charge in [-0.15, -0.1) is 0 Å². The van der Waals surface area contributed by atoms with Crippen molar-refractivity contribution in [2.24, 2.45) is 11.8 Å². The van der Waals surface area contributed by atoms with Gasteiger partial charge in [-0.1, -0.05) is 12.1 Å². The molecule has 7 heteroatoms. The molecule has 1 aromatic rings. The standard InChI is InChI=1S/C23H31FO6/c1-21(2,3)29-19(26)17-15(25)12-23(7,28)18(20(27)30-22(4,5)6)16(17)13-9-8-10-14(24)11-13/h8-11,16-18,28H,12H2,1-7H3/t16-,17-,18-,23+/m1/s1. The number of ketones is 1. The largest absolute Gasteiger partial charge is 0.460 e. The van der Waals surface area contributed by atoms with Gasteiger partial charge in [0.1, 0.15) is 22.9 Å². The number of rotatable bonds is 3. The number of halogens is 1. The highest BCUT2D eigenvalue weighted by Crippen LogP contribution is 2.47. The minimum absolute atomic E-state index is 0.245. The third-order valence-electron chi connectivity index (χ3n) is 4.82. The van der Waals surface area contributed by atoms with Crippen LogP contribution in [-0.2, 0) is 23.9 Å². The molecule has 1 N–H and O–H groups in total. The van der Waals surface area contributed by atoms with E-state index in [9.17, 15) is 23.9 Å². The molecule has 1 aliphatic carbocycles. The van der Waals surface area contributed by atoms with Gasteiger partial charge < -0.3 is 14.6 Å². The predicted octanol–water partition coefficient (Wildman–Crippen LogP) is 3.55. The lowest BCUT2D eigenvalue weighted by Crippen LogP contribution is -2.56. The van der Waals surface area contributed by atoms with Crippen LogP contribution in [-0.4, -0.2) is 39.6 Å². The van der Waals surface area contributed by atoms with Crippen molar-refractivity contribution >= 4 is 17.7 Å². The summed E-state index contributed by atoms with van der Waals surface area (Å²) in [4.78, 5) is 39.1. The van der Waals surface area contributed by atoms with E-state index in [-0.39, 0.29) is 5.56 Å². The van der Waals surface area contributed by atoms with E-state index in [1.165, 1.54) is 25.1 Å². The average molecular weight is 422 g/mol. The quantitative estimate of drug-likeness (QED) is 0.592. The molecule has 1 aromatic carbocycles. The topological polar surface area (TPSA) is 89.9 Å². The summed E-state index contributed by atoms with van der Waals surface area (Å²) in [6.45, 7) is 11.4. The second-order valence-electron chi connectivity index (χ2n) is 10.1. The number of benzene rings is 1. The average Bonchev–Trinajstić information content (AvgIpc) is 2.49. The van der Waals surface area contributed by atoms with Gasteiger partial charge in [-0.2, -0.15) is 0 Å². The maximum absolute atomic E-state index is 14.0. The van der Waals surface area contributed by atoms with E-state index in [0.29, 0.717) is 0 Å². The fourth-order valence-electron chi connectivity index (χ4n) is 3.86. The van der Waals surface area contributed by atoms with Gasteiger partial charge in [-0.3, -0.25) is 14.4 Å². The van der Waals surface area contributed by atoms with Crippen molar-refractivity contribution < 1.29 is 33.4 Å². The number of hydrogen-bond acceptors (Lipinski definition) is 6. The van der Waals surface area contributed by atoms with Crippen molar-refractivity contribution in [2.45, 2.75) is 77.6 Å².